The molecule has 0 saturated carbocycles. The van der Waals surface area contributed by atoms with Gasteiger partial charge in [0.1, 0.15) is 0 Å². The lowest BCUT2D eigenvalue weighted by molar-refractivity contribution is 0.0994. The van der Waals surface area contributed by atoms with E-state index in [1.807, 2.05) is 17.1 Å². The van der Waals surface area contributed by atoms with Crippen LogP contribution in [0.2, 0.25) is 0 Å². The predicted molar refractivity (Wildman–Crippen MR) is 79.4 cm³/mol. The molecule has 2 unspecified atom stereocenters. The molecule has 2 aromatic rings. The molecule has 1 aliphatic carbocycles. The second-order valence-corrected chi connectivity index (χ2v) is 5.75. The van der Waals surface area contributed by atoms with E-state index in [1.165, 1.54) is 11.1 Å². The molecule has 2 atom stereocenters. The van der Waals surface area contributed by atoms with Gasteiger partial charge in [-0.1, -0.05) is 31.2 Å². The van der Waals surface area contributed by atoms with Crippen molar-refractivity contribution in [2.45, 2.75) is 45.3 Å². The minimum Gasteiger partial charge on any atom is -0.388 e. The molecule has 106 valence electrons. The fourth-order valence-corrected chi connectivity index (χ4v) is 3.15. The summed E-state index contributed by atoms with van der Waals surface area (Å²) in [6.07, 6.45) is 7.58. The fraction of sp³-hybridized carbons (Fsp3) is 0.471. The van der Waals surface area contributed by atoms with Crippen molar-refractivity contribution in [3.05, 3.63) is 53.3 Å². The molecule has 1 aromatic heterocycles. The molecule has 1 N–H and O–H groups in total. The van der Waals surface area contributed by atoms with E-state index in [1.54, 1.807) is 0 Å². The number of rotatable bonds is 4. The van der Waals surface area contributed by atoms with Gasteiger partial charge in [0.25, 0.3) is 0 Å². The molecule has 3 heteroatoms. The van der Waals surface area contributed by atoms with Gasteiger partial charge in [-0.3, -0.25) is 4.68 Å². The third kappa shape index (κ3) is 2.63. The molecule has 0 amide bonds. The number of hydrogen-bond acceptors (Lipinski definition) is 2. The van der Waals surface area contributed by atoms with Crippen molar-refractivity contribution in [2.75, 3.05) is 0 Å². The molecule has 0 saturated heterocycles. The molecule has 20 heavy (non-hydrogen) atoms. The van der Waals surface area contributed by atoms with E-state index in [-0.39, 0.29) is 0 Å². The summed E-state index contributed by atoms with van der Waals surface area (Å²) in [5.74, 6) is 0.309. The van der Waals surface area contributed by atoms with E-state index in [4.69, 9.17) is 0 Å². The lowest BCUT2D eigenvalue weighted by atomic mass is 9.80. The molecular formula is C17H22N2O. The van der Waals surface area contributed by atoms with Crippen LogP contribution >= 0.6 is 0 Å². The zero-order chi connectivity index (χ0) is 13.9. The Hall–Kier alpha value is -1.61. The molecular weight excluding hydrogens is 248 g/mol. The highest BCUT2D eigenvalue weighted by molar-refractivity contribution is 5.30. The van der Waals surface area contributed by atoms with Gasteiger partial charge < -0.3 is 5.11 Å². The summed E-state index contributed by atoms with van der Waals surface area (Å²) < 4.78 is 1.93. The van der Waals surface area contributed by atoms with Gasteiger partial charge in [-0.25, -0.2) is 0 Å². The van der Waals surface area contributed by atoms with Crippen LogP contribution in [0.3, 0.4) is 0 Å². The maximum absolute atomic E-state index is 10.6. The Labute approximate surface area is 120 Å². The van der Waals surface area contributed by atoms with Crippen LogP contribution < -0.4 is 0 Å². The molecule has 0 radical (unpaired) electrons. The Bertz CT molecular complexity index is 576. The van der Waals surface area contributed by atoms with E-state index < -0.39 is 6.10 Å². The molecule has 0 fully saturated rings. The Kier molecular flexibility index (Phi) is 3.88. The number of aliphatic hydroxyl groups excluding tert-OH is 1. The van der Waals surface area contributed by atoms with Gasteiger partial charge in [-0.05, 0) is 42.7 Å². The third-order valence-electron chi connectivity index (χ3n) is 4.28. The van der Waals surface area contributed by atoms with Crippen molar-refractivity contribution in [2.24, 2.45) is 5.92 Å². The van der Waals surface area contributed by atoms with Gasteiger partial charge in [0, 0.05) is 18.3 Å². The number of hydrogen-bond donors (Lipinski definition) is 1. The summed E-state index contributed by atoms with van der Waals surface area (Å²) in [4.78, 5) is 0. The number of aromatic nitrogens is 2. The Morgan fingerprint density at radius 2 is 2.15 bits per heavy atom. The highest BCUT2D eigenvalue weighted by Crippen LogP contribution is 2.33. The van der Waals surface area contributed by atoms with Crippen molar-refractivity contribution in [1.82, 2.24) is 9.78 Å². The molecule has 0 aliphatic heterocycles. The molecule has 1 heterocycles. The van der Waals surface area contributed by atoms with Gasteiger partial charge in [-0.15, -0.1) is 0 Å². The molecule has 0 spiro atoms. The fourth-order valence-electron chi connectivity index (χ4n) is 3.15. The largest absolute Gasteiger partial charge is 0.388 e. The highest BCUT2D eigenvalue weighted by atomic mass is 16.3. The first-order valence-corrected chi connectivity index (χ1v) is 7.55. The average molecular weight is 270 g/mol. The maximum atomic E-state index is 10.6. The lowest BCUT2D eigenvalue weighted by Crippen LogP contribution is -2.20. The van der Waals surface area contributed by atoms with Crippen LogP contribution in [0.4, 0.5) is 0 Å². The molecule has 3 nitrogen and oxygen atoms in total. The van der Waals surface area contributed by atoms with Gasteiger partial charge in [0.15, 0.2) is 0 Å². The summed E-state index contributed by atoms with van der Waals surface area (Å²) in [6, 6.07) is 8.59. The van der Waals surface area contributed by atoms with Gasteiger partial charge in [0.05, 0.1) is 12.3 Å². The molecule has 1 aliphatic rings. The van der Waals surface area contributed by atoms with Gasteiger partial charge in [-0.2, -0.15) is 5.10 Å². The summed E-state index contributed by atoms with van der Waals surface area (Å²) in [5, 5.41) is 14.9. The Balaban J connectivity index is 1.73. The minimum absolute atomic E-state index is 0.309. The van der Waals surface area contributed by atoms with Gasteiger partial charge >= 0.3 is 0 Å². The number of aryl methyl sites for hydroxylation is 2. The van der Waals surface area contributed by atoms with Crippen molar-refractivity contribution >= 4 is 0 Å². The first-order chi connectivity index (χ1) is 9.78. The number of benzene rings is 1. The maximum Gasteiger partial charge on any atom is 0.0851 e. The van der Waals surface area contributed by atoms with Crippen molar-refractivity contribution < 1.29 is 5.11 Å². The van der Waals surface area contributed by atoms with E-state index in [0.29, 0.717) is 5.92 Å². The van der Waals surface area contributed by atoms with Crippen LogP contribution in [0, 0.1) is 5.92 Å². The number of nitrogens with zero attached hydrogens (tertiary/aromatic N) is 2. The normalized spacial score (nSPS) is 19.6. The molecule has 3 rings (SSSR count). The zero-order valence-corrected chi connectivity index (χ0v) is 12.0. The van der Waals surface area contributed by atoms with Gasteiger partial charge in [0.2, 0.25) is 0 Å². The lowest BCUT2D eigenvalue weighted by Gasteiger charge is -2.28. The van der Waals surface area contributed by atoms with E-state index in [9.17, 15) is 5.11 Å². The van der Waals surface area contributed by atoms with Crippen LogP contribution in [0.5, 0.6) is 0 Å². The first-order valence-electron chi connectivity index (χ1n) is 7.55. The molecule has 1 aromatic carbocycles. The van der Waals surface area contributed by atoms with Crippen LogP contribution in [-0.4, -0.2) is 14.9 Å². The summed E-state index contributed by atoms with van der Waals surface area (Å²) in [5.41, 5.74) is 3.80. The SMILES string of the molecule is CCCn1cc(C(O)C2CCc3ccccc3C2)cn1. The van der Waals surface area contributed by atoms with E-state index in [2.05, 4.69) is 36.3 Å². The Morgan fingerprint density at radius 1 is 1.35 bits per heavy atom. The average Bonchev–Trinajstić information content (AvgIpc) is 2.95. The van der Waals surface area contributed by atoms with Crippen molar-refractivity contribution in [3.8, 4) is 0 Å². The second kappa shape index (κ2) is 5.80. The second-order valence-electron chi connectivity index (χ2n) is 5.75. The molecule has 0 bridgehead atoms. The summed E-state index contributed by atoms with van der Waals surface area (Å²) in [6.45, 7) is 3.05. The first kappa shape index (κ1) is 13.4. The monoisotopic (exact) mass is 270 g/mol. The van der Waals surface area contributed by atoms with Crippen LogP contribution in [-0.2, 0) is 19.4 Å². The van der Waals surface area contributed by atoms with Crippen LogP contribution in [0.15, 0.2) is 36.7 Å². The van der Waals surface area contributed by atoms with E-state index >= 15 is 0 Å². The van der Waals surface area contributed by atoms with Crippen molar-refractivity contribution in [3.63, 3.8) is 0 Å². The standard InChI is InChI=1S/C17H22N2O/c1-2-9-19-12-16(11-18-19)17(20)15-8-7-13-5-3-4-6-14(13)10-15/h3-6,11-12,15,17,20H,2,7-10H2,1H3. The van der Waals surface area contributed by atoms with Crippen LogP contribution in [0.1, 0.15) is 42.6 Å². The Morgan fingerprint density at radius 3 is 2.95 bits per heavy atom. The minimum atomic E-state index is -0.394. The summed E-state index contributed by atoms with van der Waals surface area (Å²) >= 11 is 0. The number of aliphatic hydroxyl groups is 1. The smallest absolute Gasteiger partial charge is 0.0851 e. The van der Waals surface area contributed by atoms with Crippen molar-refractivity contribution in [1.29, 1.82) is 0 Å². The van der Waals surface area contributed by atoms with E-state index in [0.717, 1.165) is 37.8 Å². The quantitative estimate of drug-likeness (QED) is 0.927. The number of fused-ring (bicyclic) bond motifs is 1. The van der Waals surface area contributed by atoms with Crippen LogP contribution in [0.25, 0.3) is 0 Å². The predicted octanol–water partition coefficient (Wildman–Crippen LogP) is 3.13. The highest BCUT2D eigenvalue weighted by Gasteiger charge is 2.26. The third-order valence-corrected chi connectivity index (χ3v) is 4.28. The topological polar surface area (TPSA) is 38.0 Å². The summed E-state index contributed by atoms with van der Waals surface area (Å²) in [7, 11) is 0. The zero-order valence-electron chi connectivity index (χ0n) is 12.0.